The van der Waals surface area contributed by atoms with E-state index >= 15 is 0 Å². The molecule has 0 N–H and O–H groups in total. The van der Waals surface area contributed by atoms with Crippen molar-refractivity contribution in [1.29, 1.82) is 0 Å². The van der Waals surface area contributed by atoms with E-state index in [0.717, 1.165) is 12.1 Å². The summed E-state index contributed by atoms with van der Waals surface area (Å²) < 4.78 is 2.17. The predicted molar refractivity (Wildman–Crippen MR) is 87.6 cm³/mol. The fraction of sp³-hybridized carbons (Fsp3) is 0.500. The molecule has 0 spiro atoms. The van der Waals surface area contributed by atoms with Crippen LogP contribution in [-0.2, 0) is 6.42 Å². The van der Waals surface area contributed by atoms with Gasteiger partial charge < -0.3 is 0 Å². The summed E-state index contributed by atoms with van der Waals surface area (Å²) in [5, 5.41) is 4.81. The van der Waals surface area contributed by atoms with E-state index in [1.165, 1.54) is 31.2 Å². The van der Waals surface area contributed by atoms with Crippen molar-refractivity contribution in [3.8, 4) is 0 Å². The summed E-state index contributed by atoms with van der Waals surface area (Å²) in [6.45, 7) is 2.21. The van der Waals surface area contributed by atoms with Gasteiger partial charge in [-0.15, -0.1) is 11.6 Å². The first kappa shape index (κ1) is 14.6. The maximum Gasteiger partial charge on any atom is 0.0628 e. The molecule has 3 rings (SSSR count). The smallest absolute Gasteiger partial charge is 0.0628 e. The highest BCUT2D eigenvalue weighted by Crippen LogP contribution is 2.32. The van der Waals surface area contributed by atoms with Crippen molar-refractivity contribution in [2.45, 2.75) is 50.4 Å². The van der Waals surface area contributed by atoms with Gasteiger partial charge in [-0.2, -0.15) is 5.10 Å². The van der Waals surface area contributed by atoms with Crippen molar-refractivity contribution in [3.63, 3.8) is 0 Å². The second kappa shape index (κ2) is 6.65. The maximum atomic E-state index is 6.61. The number of rotatable bonds is 5. The van der Waals surface area contributed by atoms with E-state index in [2.05, 4.69) is 36.0 Å². The van der Waals surface area contributed by atoms with Crippen LogP contribution < -0.4 is 0 Å². The summed E-state index contributed by atoms with van der Waals surface area (Å²) in [7, 11) is 0. The van der Waals surface area contributed by atoms with Gasteiger partial charge in [0.2, 0.25) is 0 Å². The van der Waals surface area contributed by atoms with Crippen LogP contribution in [0.4, 0.5) is 0 Å². The molecule has 1 fully saturated rings. The summed E-state index contributed by atoms with van der Waals surface area (Å²) in [5.41, 5.74) is 2.36. The first-order valence-corrected chi connectivity index (χ1v) is 8.41. The van der Waals surface area contributed by atoms with E-state index in [9.17, 15) is 0 Å². The van der Waals surface area contributed by atoms with Crippen LogP contribution in [0.5, 0.6) is 0 Å². The van der Waals surface area contributed by atoms with Crippen LogP contribution in [0.3, 0.4) is 0 Å². The van der Waals surface area contributed by atoms with Gasteiger partial charge in [0.15, 0.2) is 0 Å². The van der Waals surface area contributed by atoms with Crippen molar-refractivity contribution >= 4 is 11.6 Å². The molecule has 1 aromatic heterocycles. The molecule has 1 aliphatic carbocycles. The highest BCUT2D eigenvalue weighted by molar-refractivity contribution is 6.21. The fourth-order valence-corrected chi connectivity index (χ4v) is 3.49. The molecule has 2 atom stereocenters. The molecule has 2 nitrogen and oxygen atoms in total. The Morgan fingerprint density at radius 2 is 1.90 bits per heavy atom. The second-order valence-electron chi connectivity index (χ2n) is 6.22. The minimum absolute atomic E-state index is 0.0443. The average Bonchev–Trinajstić information content (AvgIpc) is 3.18. The highest BCUT2D eigenvalue weighted by Gasteiger charge is 2.20. The zero-order valence-electron chi connectivity index (χ0n) is 12.6. The van der Waals surface area contributed by atoms with Crippen LogP contribution in [0.1, 0.15) is 55.3 Å². The van der Waals surface area contributed by atoms with E-state index in [1.54, 1.807) is 0 Å². The molecule has 0 amide bonds. The quantitative estimate of drug-likeness (QED) is 0.698. The third-order valence-corrected chi connectivity index (χ3v) is 5.19. The molecule has 0 radical (unpaired) electrons. The van der Waals surface area contributed by atoms with Gasteiger partial charge in [0, 0.05) is 6.20 Å². The Hall–Kier alpha value is -1.28. The molecule has 1 heterocycles. The van der Waals surface area contributed by atoms with Gasteiger partial charge in [-0.25, -0.2) is 0 Å². The van der Waals surface area contributed by atoms with E-state index in [0.29, 0.717) is 12.0 Å². The van der Waals surface area contributed by atoms with Crippen LogP contribution in [0.2, 0.25) is 0 Å². The van der Waals surface area contributed by atoms with E-state index in [-0.39, 0.29) is 5.38 Å². The molecule has 2 unspecified atom stereocenters. The SMILES string of the molecule is CC(Cc1ccn(C2CCCC2)n1)C(Cl)c1ccccc1. The third kappa shape index (κ3) is 3.49. The molecule has 112 valence electrons. The lowest BCUT2D eigenvalue weighted by atomic mass is 9.96. The van der Waals surface area contributed by atoms with E-state index < -0.39 is 0 Å². The van der Waals surface area contributed by atoms with Crippen LogP contribution in [0, 0.1) is 5.92 Å². The van der Waals surface area contributed by atoms with Crippen molar-refractivity contribution in [1.82, 2.24) is 9.78 Å². The highest BCUT2D eigenvalue weighted by atomic mass is 35.5. The Kier molecular flexibility index (Phi) is 4.64. The number of halogens is 1. The Labute approximate surface area is 132 Å². The van der Waals surface area contributed by atoms with Gasteiger partial charge in [-0.05, 0) is 36.8 Å². The number of alkyl halides is 1. The molecule has 1 saturated carbocycles. The first-order valence-electron chi connectivity index (χ1n) is 7.97. The van der Waals surface area contributed by atoms with Gasteiger partial charge >= 0.3 is 0 Å². The lowest BCUT2D eigenvalue weighted by molar-refractivity contribution is 0.456. The van der Waals surface area contributed by atoms with Gasteiger partial charge in [0.05, 0.1) is 17.1 Å². The minimum atomic E-state index is 0.0443. The lowest BCUT2D eigenvalue weighted by Crippen LogP contribution is -2.10. The summed E-state index contributed by atoms with van der Waals surface area (Å²) in [6.07, 6.45) is 8.31. The summed E-state index contributed by atoms with van der Waals surface area (Å²) in [5.74, 6) is 0.376. The van der Waals surface area contributed by atoms with Gasteiger partial charge in [0.25, 0.3) is 0 Å². The molecule has 3 heteroatoms. The topological polar surface area (TPSA) is 17.8 Å². The Morgan fingerprint density at radius 1 is 1.19 bits per heavy atom. The van der Waals surface area contributed by atoms with E-state index in [4.69, 9.17) is 16.7 Å². The summed E-state index contributed by atoms with van der Waals surface area (Å²) in [6, 6.07) is 13.1. The van der Waals surface area contributed by atoms with Crippen molar-refractivity contribution in [2.75, 3.05) is 0 Å². The van der Waals surface area contributed by atoms with Crippen molar-refractivity contribution < 1.29 is 0 Å². The molecular weight excluding hydrogens is 280 g/mol. The molecule has 1 aromatic carbocycles. The molecule has 0 bridgehead atoms. The fourth-order valence-electron chi connectivity index (χ4n) is 3.26. The van der Waals surface area contributed by atoms with Crippen LogP contribution in [0.25, 0.3) is 0 Å². The molecule has 0 aliphatic heterocycles. The normalized spacial score (nSPS) is 18.8. The molecular formula is C18H23ClN2. The van der Waals surface area contributed by atoms with Gasteiger partial charge in [-0.1, -0.05) is 50.1 Å². The minimum Gasteiger partial charge on any atom is -0.269 e. The van der Waals surface area contributed by atoms with Crippen LogP contribution in [0.15, 0.2) is 42.6 Å². The number of benzene rings is 1. The maximum absolute atomic E-state index is 6.61. The summed E-state index contributed by atoms with van der Waals surface area (Å²) >= 11 is 6.61. The monoisotopic (exact) mass is 302 g/mol. The Balaban J connectivity index is 1.63. The second-order valence-corrected chi connectivity index (χ2v) is 6.69. The predicted octanol–water partition coefficient (Wildman–Crippen LogP) is 5.16. The molecule has 1 aliphatic rings. The van der Waals surface area contributed by atoms with Crippen LogP contribution in [-0.4, -0.2) is 9.78 Å². The Morgan fingerprint density at radius 3 is 2.62 bits per heavy atom. The van der Waals surface area contributed by atoms with Gasteiger partial charge in [-0.3, -0.25) is 4.68 Å². The number of aromatic nitrogens is 2. The summed E-state index contributed by atoms with van der Waals surface area (Å²) in [4.78, 5) is 0. The largest absolute Gasteiger partial charge is 0.269 e. The standard InChI is InChI=1S/C18H23ClN2/c1-14(18(19)15-7-3-2-4-8-15)13-16-11-12-21(20-16)17-9-5-6-10-17/h2-4,7-8,11-12,14,17-18H,5-6,9-10,13H2,1H3. The molecule has 0 saturated heterocycles. The average molecular weight is 303 g/mol. The number of hydrogen-bond donors (Lipinski definition) is 0. The Bertz CT molecular complexity index is 558. The lowest BCUT2D eigenvalue weighted by Gasteiger charge is -2.17. The number of hydrogen-bond acceptors (Lipinski definition) is 1. The van der Waals surface area contributed by atoms with Gasteiger partial charge in [0.1, 0.15) is 0 Å². The van der Waals surface area contributed by atoms with E-state index in [1.807, 2.05) is 18.2 Å². The van der Waals surface area contributed by atoms with Crippen LogP contribution >= 0.6 is 11.6 Å². The van der Waals surface area contributed by atoms with Crippen molar-refractivity contribution in [3.05, 3.63) is 53.9 Å². The molecule has 2 aromatic rings. The first-order chi connectivity index (χ1) is 10.2. The number of nitrogens with zero attached hydrogens (tertiary/aromatic N) is 2. The zero-order valence-corrected chi connectivity index (χ0v) is 13.3. The third-order valence-electron chi connectivity index (χ3n) is 4.51. The zero-order chi connectivity index (χ0) is 14.7. The van der Waals surface area contributed by atoms with Crippen molar-refractivity contribution in [2.24, 2.45) is 5.92 Å². The molecule has 21 heavy (non-hydrogen) atoms.